The Bertz CT molecular complexity index is 1140. The zero-order valence-corrected chi connectivity index (χ0v) is 20.9. The molecular weight excluding hydrogens is 454 g/mol. The van der Waals surface area contributed by atoms with E-state index in [1.807, 2.05) is 42.6 Å². The van der Waals surface area contributed by atoms with Gasteiger partial charge in [0.25, 0.3) is 5.91 Å². The molecule has 1 aromatic heterocycles. The first kappa shape index (κ1) is 25.1. The molecule has 0 radical (unpaired) electrons. The van der Waals surface area contributed by atoms with Crippen molar-refractivity contribution in [3.05, 3.63) is 87.6 Å². The molecule has 1 amide bonds. The Hall–Kier alpha value is -2.52. The van der Waals surface area contributed by atoms with Crippen molar-refractivity contribution in [2.75, 3.05) is 19.6 Å². The van der Waals surface area contributed by atoms with Crippen molar-refractivity contribution in [3.63, 3.8) is 0 Å². The summed E-state index contributed by atoms with van der Waals surface area (Å²) in [6, 6.07) is 16.1. The van der Waals surface area contributed by atoms with E-state index in [0.717, 1.165) is 24.2 Å². The highest BCUT2D eigenvalue weighted by molar-refractivity contribution is 7.89. The number of thiophene rings is 1. The van der Waals surface area contributed by atoms with E-state index in [1.165, 1.54) is 17.7 Å². The molecule has 0 saturated heterocycles. The summed E-state index contributed by atoms with van der Waals surface area (Å²) in [4.78, 5) is 15.4. The molecule has 1 atom stereocenters. The van der Waals surface area contributed by atoms with Crippen molar-refractivity contribution in [1.82, 2.24) is 14.9 Å². The molecule has 0 bridgehead atoms. The molecule has 0 saturated carbocycles. The highest BCUT2D eigenvalue weighted by atomic mass is 32.2. The molecule has 176 valence electrons. The molecule has 8 heteroatoms. The van der Waals surface area contributed by atoms with E-state index in [0.29, 0.717) is 12.1 Å². The molecule has 0 aliphatic rings. The first-order valence-electron chi connectivity index (χ1n) is 11.0. The predicted molar refractivity (Wildman–Crippen MR) is 134 cm³/mol. The molecule has 2 N–H and O–H groups in total. The predicted octanol–water partition coefficient (Wildman–Crippen LogP) is 4.35. The van der Waals surface area contributed by atoms with Gasteiger partial charge in [-0.3, -0.25) is 9.69 Å². The van der Waals surface area contributed by atoms with Crippen LogP contribution in [0.1, 0.15) is 46.9 Å². The van der Waals surface area contributed by atoms with Crippen LogP contribution in [0.4, 0.5) is 0 Å². The first-order chi connectivity index (χ1) is 15.9. The molecule has 2 aromatic carbocycles. The van der Waals surface area contributed by atoms with Gasteiger partial charge >= 0.3 is 0 Å². The van der Waals surface area contributed by atoms with E-state index >= 15 is 0 Å². The molecule has 0 aliphatic carbocycles. The van der Waals surface area contributed by atoms with Crippen LogP contribution in [-0.4, -0.2) is 38.9 Å². The standard InChI is InChI=1S/C25H31N3O3S2/c1-4-28(5-2)24(21-13-14-32-18-21)17-26-25(29)23-15-22(12-11-19(23)3)33(30,31)27-16-20-9-7-6-8-10-20/h6-15,18,24,27H,4-5,16-17H2,1-3H3,(H,26,29). The average Bonchev–Trinajstić information content (AvgIpc) is 3.36. The van der Waals surface area contributed by atoms with Crippen LogP contribution in [-0.2, 0) is 16.6 Å². The summed E-state index contributed by atoms with van der Waals surface area (Å²) in [5.74, 6) is -0.278. The second kappa shape index (κ2) is 11.6. The summed E-state index contributed by atoms with van der Waals surface area (Å²) in [6.07, 6.45) is 0. The fourth-order valence-corrected chi connectivity index (χ4v) is 5.49. The minimum atomic E-state index is -3.76. The van der Waals surface area contributed by atoms with Crippen LogP contribution in [0.15, 0.2) is 70.3 Å². The second-order valence-electron chi connectivity index (χ2n) is 7.79. The number of nitrogens with one attached hydrogen (secondary N) is 2. The van der Waals surface area contributed by atoms with Crippen LogP contribution >= 0.6 is 11.3 Å². The maximum atomic E-state index is 13.1. The van der Waals surface area contributed by atoms with Gasteiger partial charge in [-0.15, -0.1) is 0 Å². The fourth-order valence-electron chi connectivity index (χ4n) is 3.74. The summed E-state index contributed by atoms with van der Waals surface area (Å²) in [6.45, 7) is 8.38. The SMILES string of the molecule is CCN(CC)C(CNC(=O)c1cc(S(=O)(=O)NCc2ccccc2)ccc1C)c1ccsc1. The maximum Gasteiger partial charge on any atom is 0.251 e. The van der Waals surface area contributed by atoms with Crippen molar-refractivity contribution >= 4 is 27.3 Å². The molecule has 3 aromatic rings. The van der Waals surface area contributed by atoms with Crippen LogP contribution in [0.5, 0.6) is 0 Å². The molecule has 0 spiro atoms. The van der Waals surface area contributed by atoms with Crippen LogP contribution in [0.3, 0.4) is 0 Å². The third-order valence-corrected chi connectivity index (χ3v) is 7.81. The lowest BCUT2D eigenvalue weighted by Crippen LogP contribution is -2.38. The minimum absolute atomic E-state index is 0.0648. The van der Waals surface area contributed by atoms with Crippen molar-refractivity contribution < 1.29 is 13.2 Å². The number of carbonyl (C=O) groups is 1. The number of rotatable bonds is 11. The largest absolute Gasteiger partial charge is 0.350 e. The van der Waals surface area contributed by atoms with E-state index in [4.69, 9.17) is 0 Å². The van der Waals surface area contributed by atoms with Gasteiger partial charge in [-0.25, -0.2) is 13.1 Å². The van der Waals surface area contributed by atoms with Crippen LogP contribution in [0.25, 0.3) is 0 Å². The third kappa shape index (κ3) is 6.51. The van der Waals surface area contributed by atoms with Crippen LogP contribution in [0, 0.1) is 6.92 Å². The summed E-state index contributed by atoms with van der Waals surface area (Å²) in [5.41, 5.74) is 3.12. The molecule has 3 rings (SSSR count). The van der Waals surface area contributed by atoms with Gasteiger partial charge in [0.15, 0.2) is 0 Å². The topological polar surface area (TPSA) is 78.5 Å². The highest BCUT2D eigenvalue weighted by Crippen LogP contribution is 2.23. The summed E-state index contributed by atoms with van der Waals surface area (Å²) in [5, 5.41) is 7.16. The van der Waals surface area contributed by atoms with Gasteiger partial charge < -0.3 is 5.32 Å². The van der Waals surface area contributed by atoms with Gasteiger partial charge in [0.05, 0.1) is 10.9 Å². The number of aryl methyl sites for hydroxylation is 1. The number of nitrogens with zero attached hydrogens (tertiary/aromatic N) is 1. The number of carbonyl (C=O) groups excluding carboxylic acids is 1. The van der Waals surface area contributed by atoms with Gasteiger partial charge in [-0.2, -0.15) is 11.3 Å². The zero-order chi connectivity index (χ0) is 23.8. The molecule has 6 nitrogen and oxygen atoms in total. The lowest BCUT2D eigenvalue weighted by atomic mass is 10.1. The van der Waals surface area contributed by atoms with E-state index < -0.39 is 10.0 Å². The number of benzene rings is 2. The van der Waals surface area contributed by atoms with Crippen molar-refractivity contribution in [1.29, 1.82) is 0 Å². The van der Waals surface area contributed by atoms with Gasteiger partial charge in [-0.1, -0.05) is 50.2 Å². The Morgan fingerprint density at radius 1 is 1.06 bits per heavy atom. The monoisotopic (exact) mass is 485 g/mol. The van der Waals surface area contributed by atoms with Gasteiger partial charge in [0, 0.05) is 18.7 Å². The fraction of sp³-hybridized carbons (Fsp3) is 0.320. The number of amides is 1. The minimum Gasteiger partial charge on any atom is -0.350 e. The molecule has 1 unspecified atom stereocenters. The highest BCUT2D eigenvalue weighted by Gasteiger charge is 2.22. The van der Waals surface area contributed by atoms with E-state index in [1.54, 1.807) is 17.4 Å². The quantitative estimate of drug-likeness (QED) is 0.423. The Labute approximate surface area is 200 Å². The van der Waals surface area contributed by atoms with E-state index in [2.05, 4.69) is 40.2 Å². The number of hydrogen-bond acceptors (Lipinski definition) is 5. The summed E-state index contributed by atoms with van der Waals surface area (Å²) in [7, 11) is -3.76. The van der Waals surface area contributed by atoms with Gasteiger partial charge in [0.1, 0.15) is 0 Å². The molecular formula is C25H31N3O3S2. The number of likely N-dealkylation sites (N-methyl/N-ethyl adjacent to an activating group) is 1. The Morgan fingerprint density at radius 2 is 1.79 bits per heavy atom. The summed E-state index contributed by atoms with van der Waals surface area (Å²) >= 11 is 1.63. The Morgan fingerprint density at radius 3 is 2.42 bits per heavy atom. The lowest BCUT2D eigenvalue weighted by Gasteiger charge is -2.29. The Balaban J connectivity index is 1.74. The number of sulfonamides is 1. The van der Waals surface area contributed by atoms with Gasteiger partial charge in [-0.05, 0) is 65.7 Å². The zero-order valence-electron chi connectivity index (χ0n) is 19.2. The number of hydrogen-bond donors (Lipinski definition) is 2. The van der Waals surface area contributed by atoms with E-state index in [-0.39, 0.29) is 23.4 Å². The molecule has 33 heavy (non-hydrogen) atoms. The van der Waals surface area contributed by atoms with Crippen LogP contribution < -0.4 is 10.0 Å². The van der Waals surface area contributed by atoms with E-state index in [9.17, 15) is 13.2 Å². The molecule has 0 fully saturated rings. The molecule has 0 aliphatic heterocycles. The second-order valence-corrected chi connectivity index (χ2v) is 10.3. The van der Waals surface area contributed by atoms with Crippen molar-refractivity contribution in [2.24, 2.45) is 0 Å². The average molecular weight is 486 g/mol. The summed E-state index contributed by atoms with van der Waals surface area (Å²) < 4.78 is 28.3. The van der Waals surface area contributed by atoms with Gasteiger partial charge in [0.2, 0.25) is 10.0 Å². The smallest absolute Gasteiger partial charge is 0.251 e. The first-order valence-corrected chi connectivity index (χ1v) is 13.5. The van der Waals surface area contributed by atoms with Crippen molar-refractivity contribution in [2.45, 2.75) is 38.3 Å². The normalized spacial score (nSPS) is 12.6. The Kier molecular flexibility index (Phi) is 8.80. The maximum absolute atomic E-state index is 13.1. The van der Waals surface area contributed by atoms with Crippen LogP contribution in [0.2, 0.25) is 0 Å². The lowest BCUT2D eigenvalue weighted by molar-refractivity contribution is 0.0934. The third-order valence-electron chi connectivity index (χ3n) is 5.71. The molecule has 1 heterocycles. The van der Waals surface area contributed by atoms with Crippen molar-refractivity contribution in [3.8, 4) is 0 Å².